The summed E-state index contributed by atoms with van der Waals surface area (Å²) in [4.78, 5) is 10.6. The van der Waals surface area contributed by atoms with Crippen LogP contribution in [-0.4, -0.2) is 45.9 Å². The Bertz CT molecular complexity index is 257. The van der Waals surface area contributed by atoms with E-state index in [4.69, 9.17) is 5.11 Å². The highest BCUT2D eigenvalue weighted by Gasteiger charge is 2.14. The summed E-state index contributed by atoms with van der Waals surface area (Å²) < 4.78 is 34.1. The molecule has 0 heterocycles. The number of aliphatic hydroxyl groups is 1. The average Bonchev–Trinajstić information content (AvgIpc) is 2.13. The second kappa shape index (κ2) is 6.71. The maximum Gasteiger partial charge on any atom is 0.400 e. The van der Waals surface area contributed by atoms with Crippen molar-refractivity contribution in [3.05, 3.63) is 0 Å². The molecule has 0 saturated heterocycles. The fourth-order valence-electron chi connectivity index (χ4n) is 0.496. The van der Waals surface area contributed by atoms with Crippen molar-refractivity contribution in [2.24, 2.45) is 0 Å². The molecular formula is C6H12O7S. The van der Waals surface area contributed by atoms with Crippen molar-refractivity contribution in [3.8, 4) is 0 Å². The van der Waals surface area contributed by atoms with Crippen LogP contribution in [0.15, 0.2) is 0 Å². The quantitative estimate of drug-likeness (QED) is 0.547. The lowest BCUT2D eigenvalue weighted by molar-refractivity contribution is -0.145. The number of aliphatic hydroxyl groups excluding tert-OH is 1. The van der Waals surface area contributed by atoms with E-state index in [1.54, 1.807) is 6.92 Å². The molecule has 0 spiro atoms. The first-order chi connectivity index (χ1) is 6.52. The molecule has 0 aliphatic heterocycles. The van der Waals surface area contributed by atoms with Gasteiger partial charge in [-0.05, 0) is 6.92 Å². The summed E-state index contributed by atoms with van der Waals surface area (Å²) in [6, 6.07) is 0. The first-order valence-corrected chi connectivity index (χ1v) is 5.15. The van der Waals surface area contributed by atoms with Gasteiger partial charge in [0.05, 0.1) is 19.8 Å². The Kier molecular flexibility index (Phi) is 6.37. The van der Waals surface area contributed by atoms with Crippen molar-refractivity contribution < 1.29 is 31.4 Å². The predicted octanol–water partition coefficient (Wildman–Crippen LogP) is -1.18. The van der Waals surface area contributed by atoms with E-state index in [-0.39, 0.29) is 6.61 Å². The van der Waals surface area contributed by atoms with Crippen LogP contribution in [0.2, 0.25) is 0 Å². The number of carbonyl (C=O) groups is 1. The molecule has 0 aromatic carbocycles. The van der Waals surface area contributed by atoms with Gasteiger partial charge >= 0.3 is 16.4 Å². The summed E-state index contributed by atoms with van der Waals surface area (Å²) in [6.45, 7) is 0.114. The highest BCUT2D eigenvalue weighted by molar-refractivity contribution is 7.81. The summed E-state index contributed by atoms with van der Waals surface area (Å²) in [6.07, 6.45) is 0. The predicted molar refractivity (Wildman–Crippen MR) is 44.5 cm³/mol. The molecule has 7 nitrogen and oxygen atoms in total. The van der Waals surface area contributed by atoms with Crippen LogP contribution in [0, 0.1) is 0 Å². The zero-order valence-electron chi connectivity index (χ0n) is 7.63. The van der Waals surface area contributed by atoms with Gasteiger partial charge in [0.2, 0.25) is 0 Å². The number of rotatable bonds is 7. The summed E-state index contributed by atoms with van der Waals surface area (Å²) in [5, 5.41) is 8.25. The molecule has 14 heavy (non-hydrogen) atoms. The molecule has 0 fully saturated rings. The molecule has 0 bridgehead atoms. The highest BCUT2D eigenvalue weighted by atomic mass is 32.3. The minimum atomic E-state index is -4.22. The smallest absolute Gasteiger partial charge is 0.400 e. The van der Waals surface area contributed by atoms with Gasteiger partial charge in [-0.3, -0.25) is 0 Å². The molecule has 0 aromatic rings. The van der Waals surface area contributed by atoms with E-state index in [1.807, 2.05) is 0 Å². The van der Waals surface area contributed by atoms with E-state index in [1.165, 1.54) is 0 Å². The van der Waals surface area contributed by atoms with Gasteiger partial charge in [0.15, 0.2) is 6.61 Å². The van der Waals surface area contributed by atoms with E-state index in [0.717, 1.165) is 0 Å². The van der Waals surface area contributed by atoms with Crippen LogP contribution < -0.4 is 0 Å². The second-order valence-electron chi connectivity index (χ2n) is 2.02. The second-order valence-corrected chi connectivity index (χ2v) is 3.31. The van der Waals surface area contributed by atoms with Gasteiger partial charge in [0.25, 0.3) is 0 Å². The van der Waals surface area contributed by atoms with Crippen LogP contribution in [0.1, 0.15) is 6.92 Å². The van der Waals surface area contributed by atoms with Crippen LogP contribution in [0.25, 0.3) is 0 Å². The number of hydrogen-bond donors (Lipinski definition) is 1. The van der Waals surface area contributed by atoms with Crippen molar-refractivity contribution in [2.45, 2.75) is 6.92 Å². The lowest BCUT2D eigenvalue weighted by Gasteiger charge is -2.04. The van der Waals surface area contributed by atoms with Gasteiger partial charge in [0.1, 0.15) is 0 Å². The number of ether oxygens (including phenoxy) is 1. The fourth-order valence-corrected chi connectivity index (χ4v) is 1.08. The normalized spacial score (nSPS) is 11.3. The lowest BCUT2D eigenvalue weighted by Crippen LogP contribution is -2.19. The zero-order valence-corrected chi connectivity index (χ0v) is 8.45. The molecule has 84 valence electrons. The van der Waals surface area contributed by atoms with Gasteiger partial charge < -0.3 is 9.84 Å². The van der Waals surface area contributed by atoms with Crippen LogP contribution >= 0.6 is 0 Å². The standard InChI is InChI=1S/C6H12O7S/c1-2-11-6(8)5-13-14(9,10)12-4-3-7/h7H,2-5H2,1H3. The van der Waals surface area contributed by atoms with Crippen LogP contribution in [0.3, 0.4) is 0 Å². The Morgan fingerprint density at radius 2 is 2.00 bits per heavy atom. The molecule has 0 aliphatic carbocycles. The molecule has 0 aromatic heterocycles. The van der Waals surface area contributed by atoms with Crippen molar-refractivity contribution >= 4 is 16.4 Å². The molecule has 0 saturated carbocycles. The summed E-state index contributed by atoms with van der Waals surface area (Å²) in [5.74, 6) is -0.802. The Morgan fingerprint density at radius 1 is 1.36 bits per heavy atom. The zero-order chi connectivity index (χ0) is 11.0. The fraction of sp³-hybridized carbons (Fsp3) is 0.833. The molecule has 0 rings (SSSR count). The van der Waals surface area contributed by atoms with Gasteiger partial charge in [-0.2, -0.15) is 8.42 Å². The summed E-state index contributed by atoms with van der Waals surface area (Å²) in [7, 11) is -4.22. The average molecular weight is 228 g/mol. The number of esters is 1. The third-order valence-corrected chi connectivity index (χ3v) is 1.81. The maximum absolute atomic E-state index is 10.7. The molecule has 0 atom stereocenters. The maximum atomic E-state index is 10.7. The molecule has 0 amide bonds. The third-order valence-electron chi connectivity index (χ3n) is 0.945. The van der Waals surface area contributed by atoms with E-state index >= 15 is 0 Å². The molecular weight excluding hydrogens is 216 g/mol. The largest absolute Gasteiger partial charge is 0.464 e. The molecule has 0 aliphatic rings. The van der Waals surface area contributed by atoms with Crippen molar-refractivity contribution in [1.82, 2.24) is 0 Å². The topological polar surface area (TPSA) is 99.1 Å². The van der Waals surface area contributed by atoms with Crippen LogP contribution in [0.4, 0.5) is 0 Å². The minimum Gasteiger partial charge on any atom is -0.464 e. The van der Waals surface area contributed by atoms with Crippen LogP contribution in [-0.2, 0) is 28.3 Å². The molecule has 1 N–H and O–H groups in total. The van der Waals surface area contributed by atoms with Crippen molar-refractivity contribution in [1.29, 1.82) is 0 Å². The molecule has 0 radical (unpaired) electrons. The summed E-state index contributed by atoms with van der Waals surface area (Å²) in [5.41, 5.74) is 0. The van der Waals surface area contributed by atoms with E-state index in [9.17, 15) is 13.2 Å². The first kappa shape index (κ1) is 13.3. The number of hydrogen-bond acceptors (Lipinski definition) is 7. The Morgan fingerprint density at radius 3 is 2.50 bits per heavy atom. The van der Waals surface area contributed by atoms with Gasteiger partial charge in [-0.25, -0.2) is 13.2 Å². The van der Waals surface area contributed by atoms with Crippen molar-refractivity contribution in [2.75, 3.05) is 26.4 Å². The number of carbonyl (C=O) groups excluding carboxylic acids is 1. The monoisotopic (exact) mass is 228 g/mol. The Labute approximate surface area is 81.9 Å². The lowest BCUT2D eigenvalue weighted by atomic mass is 10.7. The van der Waals surface area contributed by atoms with Gasteiger partial charge in [0, 0.05) is 0 Å². The molecule has 0 unspecified atom stereocenters. The highest BCUT2D eigenvalue weighted by Crippen LogP contribution is 1.95. The van der Waals surface area contributed by atoms with Crippen molar-refractivity contribution in [3.63, 3.8) is 0 Å². The first-order valence-electron chi connectivity index (χ1n) is 3.82. The summed E-state index contributed by atoms with van der Waals surface area (Å²) >= 11 is 0. The van der Waals surface area contributed by atoms with E-state index in [0.29, 0.717) is 0 Å². The van der Waals surface area contributed by atoms with Gasteiger partial charge in [-0.15, -0.1) is 0 Å². The third kappa shape index (κ3) is 6.78. The molecule has 8 heteroatoms. The van der Waals surface area contributed by atoms with E-state index < -0.39 is 36.2 Å². The Hall–Kier alpha value is -0.700. The Balaban J connectivity index is 3.81. The SMILES string of the molecule is CCOC(=O)COS(=O)(=O)OCCO. The minimum absolute atomic E-state index is 0.139. The van der Waals surface area contributed by atoms with Crippen LogP contribution in [0.5, 0.6) is 0 Å². The van der Waals surface area contributed by atoms with E-state index in [2.05, 4.69) is 13.1 Å². The van der Waals surface area contributed by atoms with Gasteiger partial charge in [-0.1, -0.05) is 0 Å².